The van der Waals surface area contributed by atoms with Crippen LogP contribution in [0.25, 0.3) is 131 Å². The minimum atomic E-state index is -4.92. The molecule has 0 aliphatic rings. The second kappa shape index (κ2) is 20.9. The molecule has 15 rings (SSSR count). The molecule has 392 valence electrons. The van der Waals surface area contributed by atoms with E-state index in [2.05, 4.69) is 237 Å². The van der Waals surface area contributed by atoms with E-state index in [1.807, 2.05) is 72.8 Å². The summed E-state index contributed by atoms with van der Waals surface area (Å²) < 4.78 is 39.2. The first-order valence-electron chi connectivity index (χ1n) is 28.0. The molecule has 0 radical (unpaired) electrons. The van der Waals surface area contributed by atoms with Gasteiger partial charge in [0.05, 0.1) is 0 Å². The summed E-state index contributed by atoms with van der Waals surface area (Å²) in [7, 11) is -4.92. The van der Waals surface area contributed by atoms with Crippen molar-refractivity contribution in [1.82, 2.24) is 0 Å². The number of phosphoric acid groups is 1. The zero-order valence-corrected chi connectivity index (χ0v) is 45.9. The van der Waals surface area contributed by atoms with Crippen LogP contribution in [0.3, 0.4) is 0 Å². The van der Waals surface area contributed by atoms with Crippen LogP contribution < -0.4 is 13.6 Å². The molecule has 0 heterocycles. The zero-order valence-electron chi connectivity index (χ0n) is 45.0. The normalized spacial score (nSPS) is 11.7. The molecule has 0 fully saturated rings. The average molecular weight is 1080 g/mol. The molecule has 5 heteroatoms. The van der Waals surface area contributed by atoms with Crippen molar-refractivity contribution in [1.29, 1.82) is 0 Å². The molecular formula is C78H51O4P. The van der Waals surface area contributed by atoms with E-state index in [-0.39, 0.29) is 0 Å². The van der Waals surface area contributed by atoms with Gasteiger partial charge in [0.25, 0.3) is 0 Å². The summed E-state index contributed by atoms with van der Waals surface area (Å²) in [4.78, 5) is 0. The number of phosphoric ester groups is 1. The number of hydrogen-bond donors (Lipinski definition) is 0. The Morgan fingerprint density at radius 3 is 0.639 bits per heavy atom. The van der Waals surface area contributed by atoms with Gasteiger partial charge in [-0.1, -0.05) is 255 Å². The van der Waals surface area contributed by atoms with Crippen molar-refractivity contribution >= 4 is 72.5 Å². The summed E-state index contributed by atoms with van der Waals surface area (Å²) in [6.07, 6.45) is 0. The Bertz CT molecular complexity index is 4580. The number of rotatable bonds is 12. The molecule has 0 N–H and O–H groups in total. The van der Waals surface area contributed by atoms with E-state index in [1.54, 1.807) is 0 Å². The van der Waals surface area contributed by atoms with Crippen LogP contribution in [-0.4, -0.2) is 0 Å². The Morgan fingerprint density at radius 1 is 0.193 bits per heavy atom. The third-order valence-corrected chi connectivity index (χ3v) is 17.3. The van der Waals surface area contributed by atoms with E-state index in [1.165, 1.54) is 0 Å². The molecule has 0 saturated heterocycles. The summed E-state index contributed by atoms with van der Waals surface area (Å²) >= 11 is 0. The van der Waals surface area contributed by atoms with Gasteiger partial charge in [-0.05, 0) is 169 Å². The Kier molecular flexibility index (Phi) is 12.4. The maximum Gasteiger partial charge on any atom is 0.647 e. The molecule has 0 aliphatic carbocycles. The fraction of sp³-hybridized carbons (Fsp3) is 0. The molecule has 0 aromatic heterocycles. The van der Waals surface area contributed by atoms with Crippen LogP contribution in [0.1, 0.15) is 0 Å². The minimum absolute atomic E-state index is 0.324. The summed E-state index contributed by atoms with van der Waals surface area (Å²) in [6, 6.07) is 107. The van der Waals surface area contributed by atoms with Gasteiger partial charge in [0, 0.05) is 16.7 Å². The highest BCUT2D eigenvalue weighted by Crippen LogP contribution is 2.57. The number of benzene rings is 15. The van der Waals surface area contributed by atoms with E-state index < -0.39 is 7.82 Å². The fourth-order valence-electron chi connectivity index (χ4n) is 12.0. The lowest BCUT2D eigenvalue weighted by Gasteiger charge is -2.26. The minimum Gasteiger partial charge on any atom is -0.385 e. The van der Waals surface area contributed by atoms with E-state index in [9.17, 15) is 0 Å². The van der Waals surface area contributed by atoms with E-state index in [4.69, 9.17) is 13.6 Å². The topological polar surface area (TPSA) is 44.8 Å². The molecule has 0 spiro atoms. The van der Waals surface area contributed by atoms with Gasteiger partial charge in [-0.2, -0.15) is 4.57 Å². The van der Waals surface area contributed by atoms with Gasteiger partial charge in [0.2, 0.25) is 0 Å². The second-order valence-corrected chi connectivity index (χ2v) is 22.6. The molecule has 83 heavy (non-hydrogen) atoms. The Morgan fingerprint density at radius 2 is 0.398 bits per heavy atom. The quantitative estimate of drug-likeness (QED) is 0.114. The molecule has 0 bridgehead atoms. The summed E-state index contributed by atoms with van der Waals surface area (Å²) in [6.45, 7) is 0. The van der Waals surface area contributed by atoms with Gasteiger partial charge in [-0.3, -0.25) is 0 Å². The van der Waals surface area contributed by atoms with Gasteiger partial charge in [0.1, 0.15) is 17.2 Å². The summed E-state index contributed by atoms with van der Waals surface area (Å²) in [5, 5.41) is 13.1. The third-order valence-electron chi connectivity index (χ3n) is 16.0. The first kappa shape index (κ1) is 49.5. The summed E-state index contributed by atoms with van der Waals surface area (Å²) in [5.41, 5.74) is 10.4. The highest BCUT2D eigenvalue weighted by Gasteiger charge is 2.38. The Hall–Kier alpha value is -10.5. The molecular weight excluding hydrogens is 1030 g/mol. The maximum atomic E-state index is 17.3. The van der Waals surface area contributed by atoms with Crippen molar-refractivity contribution in [3.8, 4) is 84.0 Å². The van der Waals surface area contributed by atoms with E-state index >= 15 is 4.57 Å². The standard InChI is InChI=1S/C78H51O4P/c79-83(80-73-31-13-28-70(64-40-34-52-16-1-7-22-58(52)46-64)76(73)67-43-37-55-19-4-10-25-61(55)49-67,81-74-32-14-29-71(65-41-35-53-17-2-8-23-59(53)47-65)77(74)68-44-38-56-20-5-11-26-62(56)50-68)82-75-33-15-30-72(66-42-36-54-18-3-9-24-60(54)48-66)78(75)69-45-39-57-21-6-12-27-63(57)51-69/h1-51H. The first-order chi connectivity index (χ1) is 40.9. The van der Waals surface area contributed by atoms with Crippen LogP contribution in [0, 0.1) is 0 Å². The molecule has 0 atom stereocenters. The van der Waals surface area contributed by atoms with E-state index in [0.29, 0.717) is 17.2 Å². The van der Waals surface area contributed by atoms with E-state index in [0.717, 1.165) is 131 Å². The molecule has 15 aromatic carbocycles. The van der Waals surface area contributed by atoms with Gasteiger partial charge in [-0.25, -0.2) is 0 Å². The Labute approximate surface area is 481 Å². The Balaban J connectivity index is 0.973. The lowest BCUT2D eigenvalue weighted by Crippen LogP contribution is -2.10. The second-order valence-electron chi connectivity index (χ2n) is 21.1. The van der Waals surface area contributed by atoms with Gasteiger partial charge in [-0.15, -0.1) is 0 Å². The fourth-order valence-corrected chi connectivity index (χ4v) is 13.2. The highest BCUT2D eigenvalue weighted by atomic mass is 31.2. The molecule has 0 unspecified atom stereocenters. The van der Waals surface area contributed by atoms with Crippen molar-refractivity contribution in [3.63, 3.8) is 0 Å². The lowest BCUT2D eigenvalue weighted by atomic mass is 9.91. The maximum absolute atomic E-state index is 17.3. The van der Waals surface area contributed by atoms with Gasteiger partial charge in [0.15, 0.2) is 0 Å². The van der Waals surface area contributed by atoms with Gasteiger partial charge >= 0.3 is 7.82 Å². The van der Waals surface area contributed by atoms with Crippen LogP contribution in [0.5, 0.6) is 17.2 Å². The monoisotopic (exact) mass is 1080 g/mol. The number of hydrogen-bond acceptors (Lipinski definition) is 4. The van der Waals surface area contributed by atoms with Crippen molar-refractivity contribution in [2.75, 3.05) is 0 Å². The SMILES string of the molecule is O=P(Oc1cccc(-c2ccc3ccccc3c2)c1-c1ccc2ccccc2c1)(Oc1cccc(-c2ccc3ccccc3c2)c1-c1ccc2ccccc2c1)Oc1cccc(-c2ccc3ccccc3c2)c1-c1ccc2ccccc2c1. The van der Waals surface area contributed by atoms with Crippen molar-refractivity contribution in [2.45, 2.75) is 0 Å². The van der Waals surface area contributed by atoms with Crippen molar-refractivity contribution < 1.29 is 18.1 Å². The largest absolute Gasteiger partial charge is 0.647 e. The van der Waals surface area contributed by atoms with Gasteiger partial charge < -0.3 is 13.6 Å². The van der Waals surface area contributed by atoms with Crippen LogP contribution in [-0.2, 0) is 4.57 Å². The highest BCUT2D eigenvalue weighted by molar-refractivity contribution is 7.49. The van der Waals surface area contributed by atoms with Crippen molar-refractivity contribution in [3.05, 3.63) is 309 Å². The third kappa shape index (κ3) is 9.51. The van der Waals surface area contributed by atoms with Crippen LogP contribution >= 0.6 is 7.82 Å². The van der Waals surface area contributed by atoms with Crippen molar-refractivity contribution in [2.24, 2.45) is 0 Å². The average Bonchev–Trinajstić information content (AvgIpc) is 3.58. The van der Waals surface area contributed by atoms with Crippen LogP contribution in [0.2, 0.25) is 0 Å². The molecule has 0 saturated carbocycles. The zero-order chi connectivity index (χ0) is 55.3. The van der Waals surface area contributed by atoms with Crippen LogP contribution in [0.4, 0.5) is 0 Å². The first-order valence-corrected chi connectivity index (χ1v) is 29.4. The smallest absolute Gasteiger partial charge is 0.385 e. The molecule has 4 nitrogen and oxygen atoms in total. The predicted octanol–water partition coefficient (Wildman–Crippen LogP) is 22.3. The molecule has 15 aromatic rings. The number of fused-ring (bicyclic) bond motifs is 6. The molecule has 0 aliphatic heterocycles. The van der Waals surface area contributed by atoms with Crippen LogP contribution in [0.15, 0.2) is 309 Å². The summed E-state index contributed by atoms with van der Waals surface area (Å²) in [5.74, 6) is 0.973. The predicted molar refractivity (Wildman–Crippen MR) is 346 cm³/mol. The lowest BCUT2D eigenvalue weighted by molar-refractivity contribution is 0.299. The molecule has 0 amide bonds.